The van der Waals surface area contributed by atoms with Crippen LogP contribution in [0.15, 0.2) is 0 Å². The zero-order valence-corrected chi connectivity index (χ0v) is 11.7. The van der Waals surface area contributed by atoms with Gasteiger partial charge in [0.15, 0.2) is 0 Å². The maximum atomic E-state index is 11.5. The maximum absolute atomic E-state index is 11.5. The van der Waals surface area contributed by atoms with E-state index in [4.69, 9.17) is 0 Å². The summed E-state index contributed by atoms with van der Waals surface area (Å²) in [6.07, 6.45) is 2.80. The minimum atomic E-state index is -1.76. The van der Waals surface area contributed by atoms with E-state index >= 15 is 0 Å². The molecule has 15 heavy (non-hydrogen) atoms. The number of carboxylic acid groups (broad SMARTS) is 1. The Kier molecular flexibility index (Phi) is 5.52. The van der Waals surface area contributed by atoms with Crippen molar-refractivity contribution in [3.05, 3.63) is 0 Å². The van der Waals surface area contributed by atoms with E-state index in [2.05, 4.69) is 31.9 Å². The molecule has 0 fully saturated rings. The number of carboxylic acids is 1. The van der Waals surface area contributed by atoms with Crippen molar-refractivity contribution in [1.29, 1.82) is 0 Å². The molecule has 0 aromatic rings. The summed E-state index contributed by atoms with van der Waals surface area (Å²) < 4.78 is 0. The molecule has 0 radical (unpaired) electrons. The van der Waals surface area contributed by atoms with Crippen LogP contribution in [0.5, 0.6) is 0 Å². The Bertz CT molecular complexity index is 213. The number of hydrogen-bond acceptors (Lipinski definition) is 2. The van der Waals surface area contributed by atoms with Crippen LogP contribution in [0.25, 0.3) is 0 Å². The molecule has 1 unspecified atom stereocenters. The van der Waals surface area contributed by atoms with Gasteiger partial charge in [-0.15, -0.1) is 0 Å². The van der Waals surface area contributed by atoms with Gasteiger partial charge in [-0.05, 0) is 19.4 Å². The zero-order chi connectivity index (χ0) is 12.1. The minimum Gasteiger partial charge on any atom is -0.480 e. The molecule has 0 aliphatic carbocycles. The molecule has 1 atom stereocenters. The van der Waals surface area contributed by atoms with Crippen LogP contribution in [0, 0.1) is 0 Å². The standard InChI is InChI=1S/C11H25NO2Si/c1-6-8-9-12-11(7-2,10(13)14)15(3,4)5/h12H,6-9H2,1-5H3,(H,13,14). The van der Waals surface area contributed by atoms with Crippen molar-refractivity contribution in [3.63, 3.8) is 0 Å². The van der Waals surface area contributed by atoms with E-state index in [1.807, 2.05) is 6.92 Å². The summed E-state index contributed by atoms with van der Waals surface area (Å²) in [4.78, 5) is 11.5. The first kappa shape index (κ1) is 14.6. The van der Waals surface area contributed by atoms with Gasteiger partial charge in [0.1, 0.15) is 5.16 Å². The van der Waals surface area contributed by atoms with Crippen molar-refractivity contribution in [2.75, 3.05) is 6.54 Å². The Morgan fingerprint density at radius 3 is 2.13 bits per heavy atom. The normalized spacial score (nSPS) is 16.1. The zero-order valence-electron chi connectivity index (χ0n) is 10.7. The molecule has 0 saturated heterocycles. The van der Waals surface area contributed by atoms with E-state index in [-0.39, 0.29) is 0 Å². The van der Waals surface area contributed by atoms with Crippen molar-refractivity contribution in [2.24, 2.45) is 0 Å². The lowest BCUT2D eigenvalue weighted by Crippen LogP contribution is -2.66. The number of rotatable bonds is 7. The molecular weight excluding hydrogens is 206 g/mol. The molecule has 0 rings (SSSR count). The Morgan fingerprint density at radius 1 is 1.33 bits per heavy atom. The first-order valence-electron chi connectivity index (χ1n) is 5.80. The molecule has 90 valence electrons. The van der Waals surface area contributed by atoms with Gasteiger partial charge >= 0.3 is 5.97 Å². The number of carbonyl (C=O) groups is 1. The van der Waals surface area contributed by atoms with Gasteiger partial charge in [0.2, 0.25) is 0 Å². The van der Waals surface area contributed by atoms with Crippen molar-refractivity contribution in [1.82, 2.24) is 5.32 Å². The summed E-state index contributed by atoms with van der Waals surface area (Å²) in [5.74, 6) is -0.680. The third-order valence-electron chi connectivity index (χ3n) is 3.13. The SMILES string of the molecule is CCCCNC(CC)(C(=O)O)[Si](C)(C)C. The second kappa shape index (κ2) is 5.65. The van der Waals surface area contributed by atoms with Crippen LogP contribution < -0.4 is 5.32 Å². The smallest absolute Gasteiger partial charge is 0.320 e. The second-order valence-electron chi connectivity index (χ2n) is 5.09. The molecule has 0 saturated carbocycles. The van der Waals surface area contributed by atoms with Crippen LogP contribution in [0.3, 0.4) is 0 Å². The molecule has 3 nitrogen and oxygen atoms in total. The molecule has 2 N–H and O–H groups in total. The van der Waals surface area contributed by atoms with Gasteiger partial charge in [-0.3, -0.25) is 4.79 Å². The van der Waals surface area contributed by atoms with Gasteiger partial charge in [-0.25, -0.2) is 0 Å². The molecule has 4 heteroatoms. The largest absolute Gasteiger partial charge is 0.480 e. The summed E-state index contributed by atoms with van der Waals surface area (Å²) >= 11 is 0. The highest BCUT2D eigenvalue weighted by atomic mass is 28.3. The predicted molar refractivity (Wildman–Crippen MR) is 66.9 cm³/mol. The van der Waals surface area contributed by atoms with E-state index in [0.29, 0.717) is 6.42 Å². The lowest BCUT2D eigenvalue weighted by Gasteiger charge is -2.40. The van der Waals surface area contributed by atoms with Gasteiger partial charge in [0, 0.05) is 0 Å². The summed E-state index contributed by atoms with van der Waals surface area (Å²) in [5.41, 5.74) is 0. The number of aliphatic carboxylic acids is 1. The summed E-state index contributed by atoms with van der Waals surface area (Å²) in [6, 6.07) is 0. The lowest BCUT2D eigenvalue weighted by molar-refractivity contribution is -0.141. The van der Waals surface area contributed by atoms with E-state index in [1.54, 1.807) is 0 Å². The fourth-order valence-corrected chi connectivity index (χ4v) is 4.30. The highest BCUT2D eigenvalue weighted by Gasteiger charge is 2.47. The molecule has 0 aliphatic heterocycles. The van der Waals surface area contributed by atoms with Crippen molar-refractivity contribution < 1.29 is 9.90 Å². The number of unbranched alkanes of at least 4 members (excludes halogenated alkanes) is 1. The third kappa shape index (κ3) is 3.31. The maximum Gasteiger partial charge on any atom is 0.320 e. The lowest BCUT2D eigenvalue weighted by atomic mass is 10.2. The fraction of sp³-hybridized carbons (Fsp3) is 0.909. The monoisotopic (exact) mass is 231 g/mol. The summed E-state index contributed by atoms with van der Waals surface area (Å²) in [5, 5.41) is 12.1. The van der Waals surface area contributed by atoms with Crippen molar-refractivity contribution >= 4 is 14.0 Å². The molecule has 0 bridgehead atoms. The average Bonchev–Trinajstić information content (AvgIpc) is 2.10. The van der Waals surface area contributed by atoms with E-state index in [9.17, 15) is 9.90 Å². The molecule has 0 spiro atoms. The summed E-state index contributed by atoms with van der Waals surface area (Å²) in [6.45, 7) is 11.2. The van der Waals surface area contributed by atoms with Crippen LogP contribution in [0.4, 0.5) is 0 Å². The van der Waals surface area contributed by atoms with E-state index in [0.717, 1.165) is 19.4 Å². The number of hydrogen-bond donors (Lipinski definition) is 2. The molecule has 0 heterocycles. The second-order valence-corrected chi connectivity index (χ2v) is 10.4. The van der Waals surface area contributed by atoms with Gasteiger partial charge in [-0.1, -0.05) is 39.9 Å². The molecule has 0 aliphatic rings. The molecular formula is C11H25NO2Si. The minimum absolute atomic E-state index is 0.665. The Hall–Kier alpha value is -0.353. The first-order chi connectivity index (χ1) is 6.81. The fourth-order valence-electron chi connectivity index (χ4n) is 1.95. The Morgan fingerprint density at radius 2 is 1.87 bits per heavy atom. The van der Waals surface area contributed by atoms with Crippen LogP contribution in [0.2, 0.25) is 19.6 Å². The van der Waals surface area contributed by atoms with Gasteiger partial charge in [-0.2, -0.15) is 0 Å². The Labute approximate surface area is 94.3 Å². The van der Waals surface area contributed by atoms with Gasteiger partial charge < -0.3 is 10.4 Å². The topological polar surface area (TPSA) is 49.3 Å². The van der Waals surface area contributed by atoms with E-state index in [1.165, 1.54) is 0 Å². The van der Waals surface area contributed by atoms with Crippen LogP contribution in [-0.4, -0.2) is 30.9 Å². The van der Waals surface area contributed by atoms with Crippen LogP contribution in [-0.2, 0) is 4.79 Å². The van der Waals surface area contributed by atoms with Crippen LogP contribution >= 0.6 is 0 Å². The molecule has 0 aromatic heterocycles. The van der Waals surface area contributed by atoms with E-state index < -0.39 is 19.2 Å². The van der Waals surface area contributed by atoms with Crippen molar-refractivity contribution in [3.8, 4) is 0 Å². The highest BCUT2D eigenvalue weighted by molar-refractivity contribution is 6.82. The molecule has 0 aromatic carbocycles. The van der Waals surface area contributed by atoms with Gasteiger partial charge in [0.25, 0.3) is 0 Å². The van der Waals surface area contributed by atoms with Gasteiger partial charge in [0.05, 0.1) is 8.07 Å². The number of nitrogens with one attached hydrogen (secondary N) is 1. The third-order valence-corrected chi connectivity index (χ3v) is 6.44. The Balaban J connectivity index is 4.76. The highest BCUT2D eigenvalue weighted by Crippen LogP contribution is 2.24. The molecule has 0 amide bonds. The van der Waals surface area contributed by atoms with Crippen LogP contribution in [0.1, 0.15) is 33.1 Å². The quantitative estimate of drug-likeness (QED) is 0.523. The summed E-state index contributed by atoms with van der Waals surface area (Å²) in [7, 11) is -1.76. The predicted octanol–water partition coefficient (Wildman–Crippen LogP) is 2.49. The first-order valence-corrected chi connectivity index (χ1v) is 9.30. The average molecular weight is 231 g/mol. The van der Waals surface area contributed by atoms with Crippen molar-refractivity contribution in [2.45, 2.75) is 57.9 Å².